The Hall–Kier alpha value is -2.71. The Morgan fingerprint density at radius 1 is 1.10 bits per heavy atom. The van der Waals surface area contributed by atoms with Gasteiger partial charge in [0.05, 0.1) is 16.8 Å². The molecule has 0 saturated carbocycles. The summed E-state index contributed by atoms with van der Waals surface area (Å²) in [5.41, 5.74) is 3.31. The molecule has 30 heavy (non-hydrogen) atoms. The third-order valence-corrected chi connectivity index (χ3v) is 6.49. The summed E-state index contributed by atoms with van der Waals surface area (Å²) in [5, 5.41) is 7.75. The highest BCUT2D eigenvalue weighted by atomic mass is 16.7. The van der Waals surface area contributed by atoms with E-state index in [0.717, 1.165) is 12.8 Å². The van der Waals surface area contributed by atoms with E-state index >= 15 is 0 Å². The zero-order valence-electron chi connectivity index (χ0n) is 17.7. The number of hydrogen-bond acceptors (Lipinski definition) is 5. The average Bonchev–Trinajstić information content (AvgIpc) is 3.34. The third-order valence-electron chi connectivity index (χ3n) is 6.49. The molecule has 0 unspecified atom stereocenters. The number of rotatable bonds is 3. The molecular weight excluding hydrogens is 379 g/mol. The van der Waals surface area contributed by atoms with E-state index in [2.05, 4.69) is 27.5 Å². The highest BCUT2D eigenvalue weighted by Crippen LogP contribution is 2.36. The topological polar surface area (TPSA) is 77.8 Å². The molecule has 0 spiro atoms. The van der Waals surface area contributed by atoms with Gasteiger partial charge >= 0.3 is 7.12 Å². The largest absolute Gasteiger partial charge is 0.516 e. The molecule has 7 nitrogen and oxygen atoms in total. The second-order valence-corrected chi connectivity index (χ2v) is 9.10. The first kappa shape index (κ1) is 19.3. The molecule has 1 aliphatic heterocycles. The van der Waals surface area contributed by atoms with Gasteiger partial charge in [0.15, 0.2) is 5.65 Å². The van der Waals surface area contributed by atoms with E-state index in [4.69, 9.17) is 9.31 Å². The predicted octanol–water partition coefficient (Wildman–Crippen LogP) is 1.93. The number of carbonyl (C=O) groups is 1. The van der Waals surface area contributed by atoms with E-state index in [9.17, 15) is 4.79 Å². The lowest BCUT2D eigenvalue weighted by Crippen LogP contribution is -2.41. The minimum atomic E-state index is -0.600. The summed E-state index contributed by atoms with van der Waals surface area (Å²) in [4.78, 5) is 17.4. The molecule has 2 aromatic heterocycles. The first-order valence-electron chi connectivity index (χ1n) is 10.3. The summed E-state index contributed by atoms with van der Waals surface area (Å²) in [5.74, 6) is -0.163. The molecule has 2 aliphatic rings. The van der Waals surface area contributed by atoms with Gasteiger partial charge in [0, 0.05) is 18.3 Å². The summed E-state index contributed by atoms with van der Waals surface area (Å²) in [7, 11) is -0.600. The number of nitrogens with zero attached hydrogens (tertiary/aromatic N) is 3. The number of benzene rings is 1. The van der Waals surface area contributed by atoms with Gasteiger partial charge in [-0.2, -0.15) is 5.10 Å². The van der Waals surface area contributed by atoms with Crippen LogP contribution in [-0.2, 0) is 22.2 Å². The van der Waals surface area contributed by atoms with Crippen molar-refractivity contribution >= 4 is 24.3 Å². The molecule has 0 radical (unpaired) electrons. The van der Waals surface area contributed by atoms with Crippen molar-refractivity contribution in [3.63, 3.8) is 0 Å². The maximum Gasteiger partial charge on any atom is 0.516 e. The molecule has 0 atom stereocenters. The number of hydrogen-bond donors (Lipinski definition) is 1. The monoisotopic (exact) mass is 404 g/mol. The number of aromatic nitrogens is 3. The van der Waals surface area contributed by atoms with Crippen LogP contribution in [0.1, 0.15) is 49.3 Å². The van der Waals surface area contributed by atoms with E-state index in [1.54, 1.807) is 16.8 Å². The van der Waals surface area contributed by atoms with Crippen LogP contribution in [0.2, 0.25) is 0 Å². The number of amides is 1. The second kappa shape index (κ2) is 6.65. The van der Waals surface area contributed by atoms with Crippen molar-refractivity contribution in [2.45, 2.75) is 57.8 Å². The maximum atomic E-state index is 13.0. The standard InChI is InChI=1S/C22H25BN4O3/c1-21(2)22(3,4)30-23(29-21)18-13-19-24-10-9-17(27(19)26-18)20(28)25-16-11-14-7-5-6-8-15(14)12-16/h5-10,13,16H,11-12H2,1-4H3,(H,25,28). The summed E-state index contributed by atoms with van der Waals surface area (Å²) in [6.45, 7) is 8.00. The van der Waals surface area contributed by atoms with E-state index in [0.29, 0.717) is 16.9 Å². The molecule has 1 N–H and O–H groups in total. The van der Waals surface area contributed by atoms with Gasteiger partial charge < -0.3 is 14.6 Å². The van der Waals surface area contributed by atoms with Gasteiger partial charge in [-0.15, -0.1) is 0 Å². The molecule has 8 heteroatoms. The van der Waals surface area contributed by atoms with Crippen molar-refractivity contribution in [2.75, 3.05) is 0 Å². The first-order valence-corrected chi connectivity index (χ1v) is 10.3. The minimum absolute atomic E-state index is 0.0799. The van der Waals surface area contributed by atoms with Gasteiger partial charge in [-0.1, -0.05) is 24.3 Å². The molecule has 1 aromatic carbocycles. The van der Waals surface area contributed by atoms with Crippen molar-refractivity contribution in [1.82, 2.24) is 19.9 Å². The van der Waals surface area contributed by atoms with Crippen LogP contribution in [-0.4, -0.2) is 44.9 Å². The molecule has 5 rings (SSSR count). The third kappa shape index (κ3) is 3.11. The van der Waals surface area contributed by atoms with Crippen molar-refractivity contribution in [1.29, 1.82) is 0 Å². The molecule has 154 valence electrons. The van der Waals surface area contributed by atoms with Gasteiger partial charge in [-0.05, 0) is 57.7 Å². The second-order valence-electron chi connectivity index (χ2n) is 9.10. The van der Waals surface area contributed by atoms with E-state index < -0.39 is 18.3 Å². The fourth-order valence-electron chi connectivity index (χ4n) is 4.08. The predicted molar refractivity (Wildman–Crippen MR) is 114 cm³/mol. The lowest BCUT2D eigenvalue weighted by molar-refractivity contribution is 0.00578. The Kier molecular flexibility index (Phi) is 4.27. The smallest absolute Gasteiger partial charge is 0.398 e. The summed E-state index contributed by atoms with van der Waals surface area (Å²) in [6, 6.07) is 11.9. The van der Waals surface area contributed by atoms with Gasteiger partial charge in [0.25, 0.3) is 5.91 Å². The molecule has 3 heterocycles. The van der Waals surface area contributed by atoms with E-state index in [-0.39, 0.29) is 11.9 Å². The van der Waals surface area contributed by atoms with Crippen molar-refractivity contribution in [3.05, 3.63) is 59.4 Å². The van der Waals surface area contributed by atoms with Crippen LogP contribution in [0.15, 0.2) is 42.6 Å². The molecule has 1 saturated heterocycles. The lowest BCUT2D eigenvalue weighted by atomic mass is 9.85. The van der Waals surface area contributed by atoms with Crippen molar-refractivity contribution in [3.8, 4) is 0 Å². The van der Waals surface area contributed by atoms with Crippen LogP contribution in [0.4, 0.5) is 0 Å². The molecule has 3 aromatic rings. The first-order chi connectivity index (χ1) is 14.2. The SMILES string of the molecule is CC1(C)OB(c2cc3nccc(C(=O)NC4Cc5ccccc5C4)n3n2)OC1(C)C. The zero-order valence-corrected chi connectivity index (χ0v) is 17.7. The van der Waals surface area contributed by atoms with Crippen LogP contribution >= 0.6 is 0 Å². The van der Waals surface area contributed by atoms with Crippen LogP contribution in [0.3, 0.4) is 0 Å². The normalized spacial score (nSPS) is 19.9. The van der Waals surface area contributed by atoms with Crippen LogP contribution in [0.25, 0.3) is 5.65 Å². The molecule has 1 amide bonds. The fourth-order valence-corrected chi connectivity index (χ4v) is 4.08. The molecule has 1 fully saturated rings. The van der Waals surface area contributed by atoms with E-state index in [1.807, 2.05) is 45.9 Å². The minimum Gasteiger partial charge on any atom is -0.398 e. The summed E-state index contributed by atoms with van der Waals surface area (Å²) < 4.78 is 13.8. The quantitative estimate of drug-likeness (QED) is 0.675. The Balaban J connectivity index is 1.39. The Morgan fingerprint density at radius 2 is 1.73 bits per heavy atom. The summed E-state index contributed by atoms with van der Waals surface area (Å²) in [6.07, 6.45) is 3.31. The van der Waals surface area contributed by atoms with Gasteiger partial charge in [0.1, 0.15) is 5.69 Å². The average molecular weight is 404 g/mol. The van der Waals surface area contributed by atoms with Crippen molar-refractivity contribution < 1.29 is 14.1 Å². The van der Waals surface area contributed by atoms with Crippen molar-refractivity contribution in [2.24, 2.45) is 0 Å². The lowest BCUT2D eigenvalue weighted by Gasteiger charge is -2.32. The fraction of sp³-hybridized carbons (Fsp3) is 0.409. The number of fused-ring (bicyclic) bond motifs is 2. The van der Waals surface area contributed by atoms with Gasteiger partial charge in [-0.3, -0.25) is 4.79 Å². The molecule has 1 aliphatic carbocycles. The van der Waals surface area contributed by atoms with Crippen LogP contribution < -0.4 is 10.9 Å². The Morgan fingerprint density at radius 3 is 2.37 bits per heavy atom. The Bertz CT molecular complexity index is 1100. The van der Waals surface area contributed by atoms with Gasteiger partial charge in [0.2, 0.25) is 0 Å². The maximum absolute atomic E-state index is 13.0. The Labute approximate surface area is 175 Å². The highest BCUT2D eigenvalue weighted by Gasteiger charge is 2.52. The summed E-state index contributed by atoms with van der Waals surface area (Å²) >= 11 is 0. The van der Waals surface area contributed by atoms with Gasteiger partial charge in [-0.25, -0.2) is 9.50 Å². The van der Waals surface area contributed by atoms with E-state index in [1.165, 1.54) is 11.1 Å². The highest BCUT2D eigenvalue weighted by molar-refractivity contribution is 6.61. The molecule has 0 bridgehead atoms. The zero-order chi connectivity index (χ0) is 21.1. The van der Waals surface area contributed by atoms with Crippen LogP contribution in [0.5, 0.6) is 0 Å². The van der Waals surface area contributed by atoms with Crippen LogP contribution in [0, 0.1) is 0 Å². The number of nitrogens with one attached hydrogen (secondary N) is 1. The number of carbonyl (C=O) groups excluding carboxylic acids is 1. The molecular formula is C22H25BN4O3.